The lowest BCUT2D eigenvalue weighted by atomic mass is 9.45. The molecule has 4 aliphatic rings. The molecule has 0 aliphatic heterocycles. The molecule has 0 saturated heterocycles. The van der Waals surface area contributed by atoms with Crippen molar-refractivity contribution in [2.45, 2.75) is 90.3 Å². The summed E-state index contributed by atoms with van der Waals surface area (Å²) in [6, 6.07) is 0. The number of unbranched alkanes of at least 4 members (excludes halogenated alkanes) is 1. The summed E-state index contributed by atoms with van der Waals surface area (Å²) in [6.45, 7) is 6.21. The first kappa shape index (κ1) is 23.3. The van der Waals surface area contributed by atoms with Crippen LogP contribution in [-0.4, -0.2) is 46.4 Å². The van der Waals surface area contributed by atoms with Crippen LogP contribution in [0.4, 0.5) is 4.79 Å². The number of carboxylic acids is 1. The van der Waals surface area contributed by atoms with Crippen molar-refractivity contribution in [3.8, 4) is 0 Å². The van der Waals surface area contributed by atoms with Gasteiger partial charge >= 0.3 is 12.1 Å². The van der Waals surface area contributed by atoms with Gasteiger partial charge in [0.15, 0.2) is 5.78 Å². The second kappa shape index (κ2) is 8.15. The molecule has 7 atom stereocenters. The van der Waals surface area contributed by atoms with Crippen molar-refractivity contribution >= 4 is 17.9 Å². The number of fused-ring (bicyclic) bond motifs is 5. The Morgan fingerprint density at radius 2 is 1.94 bits per heavy atom. The number of ketones is 1. The second-order valence-electron chi connectivity index (χ2n) is 10.8. The zero-order valence-electron chi connectivity index (χ0n) is 19.4. The topological polar surface area (TPSA) is 110 Å². The molecule has 3 saturated carbocycles. The predicted octanol–water partition coefficient (Wildman–Crippen LogP) is 4.27. The predicted molar refractivity (Wildman–Crippen MR) is 116 cm³/mol. The zero-order chi connectivity index (χ0) is 23.3. The molecule has 178 valence electrons. The van der Waals surface area contributed by atoms with E-state index in [0.717, 1.165) is 31.3 Å². The van der Waals surface area contributed by atoms with Crippen LogP contribution in [0.3, 0.4) is 0 Å². The van der Waals surface area contributed by atoms with Crippen LogP contribution in [0.5, 0.6) is 0 Å². The van der Waals surface area contributed by atoms with E-state index in [1.165, 1.54) is 0 Å². The lowest BCUT2D eigenvalue weighted by Crippen LogP contribution is -2.62. The molecule has 4 unspecified atom stereocenters. The number of ether oxygens (including phenoxy) is 2. The van der Waals surface area contributed by atoms with Crippen LogP contribution in [0.25, 0.3) is 0 Å². The van der Waals surface area contributed by atoms with Crippen molar-refractivity contribution in [2.75, 3.05) is 6.61 Å². The Bertz CT molecular complexity index is 834. The highest BCUT2D eigenvalue weighted by atomic mass is 16.7. The molecule has 3 fully saturated rings. The van der Waals surface area contributed by atoms with Gasteiger partial charge in [0.1, 0.15) is 0 Å². The van der Waals surface area contributed by atoms with Crippen molar-refractivity contribution in [3.63, 3.8) is 0 Å². The molecule has 0 aromatic carbocycles. The summed E-state index contributed by atoms with van der Waals surface area (Å²) in [5, 5.41) is 21.7. The molecule has 4 aliphatic carbocycles. The Labute approximate surface area is 189 Å². The second-order valence-corrected chi connectivity index (χ2v) is 10.8. The van der Waals surface area contributed by atoms with Crippen LogP contribution in [0.1, 0.15) is 78.6 Å². The smallest absolute Gasteiger partial charge is 0.478 e. The lowest BCUT2D eigenvalue weighted by Gasteiger charge is -2.60. The van der Waals surface area contributed by atoms with E-state index in [2.05, 4.69) is 6.92 Å². The highest BCUT2D eigenvalue weighted by Gasteiger charge is 2.71. The molecule has 0 amide bonds. The molecule has 0 radical (unpaired) electrons. The average Bonchev–Trinajstić information content (AvgIpc) is 3.01. The van der Waals surface area contributed by atoms with Gasteiger partial charge in [0.2, 0.25) is 5.60 Å². The molecule has 0 spiro atoms. The normalized spacial score (nSPS) is 42.9. The van der Waals surface area contributed by atoms with Gasteiger partial charge in [-0.1, -0.05) is 32.8 Å². The fraction of sp³-hybridized carbons (Fsp3) is 0.800. The van der Waals surface area contributed by atoms with E-state index >= 15 is 0 Å². The summed E-state index contributed by atoms with van der Waals surface area (Å²) in [5.41, 5.74) is -1.69. The van der Waals surface area contributed by atoms with Gasteiger partial charge in [-0.05, 0) is 74.2 Å². The Hall–Kier alpha value is -1.89. The van der Waals surface area contributed by atoms with Gasteiger partial charge in [0.25, 0.3) is 0 Å². The molecule has 0 aromatic rings. The van der Waals surface area contributed by atoms with Gasteiger partial charge in [-0.2, -0.15) is 0 Å². The van der Waals surface area contributed by atoms with Crippen molar-refractivity contribution in [1.82, 2.24) is 0 Å². The van der Waals surface area contributed by atoms with Crippen LogP contribution in [0.15, 0.2) is 11.6 Å². The number of aliphatic carboxylic acids is 1. The number of rotatable bonds is 5. The first-order valence-corrected chi connectivity index (χ1v) is 12.1. The van der Waals surface area contributed by atoms with E-state index in [-0.39, 0.29) is 48.4 Å². The van der Waals surface area contributed by atoms with Crippen LogP contribution in [0, 0.1) is 28.6 Å². The van der Waals surface area contributed by atoms with Gasteiger partial charge in [-0.15, -0.1) is 0 Å². The Kier molecular flexibility index (Phi) is 5.93. The Morgan fingerprint density at radius 3 is 2.62 bits per heavy atom. The fourth-order valence-corrected chi connectivity index (χ4v) is 7.71. The largest absolute Gasteiger partial charge is 0.509 e. The van der Waals surface area contributed by atoms with Crippen molar-refractivity contribution in [1.29, 1.82) is 0 Å². The number of aliphatic hydroxyl groups is 1. The molecule has 7 heteroatoms. The van der Waals surface area contributed by atoms with Gasteiger partial charge in [-0.25, -0.2) is 9.59 Å². The fourth-order valence-electron chi connectivity index (χ4n) is 7.71. The minimum atomic E-state index is -1.70. The summed E-state index contributed by atoms with van der Waals surface area (Å²) in [7, 11) is 0. The molecule has 7 nitrogen and oxygen atoms in total. The summed E-state index contributed by atoms with van der Waals surface area (Å²) in [4.78, 5) is 37.0. The van der Waals surface area contributed by atoms with Crippen LogP contribution in [-0.2, 0) is 19.1 Å². The quantitative estimate of drug-likeness (QED) is 0.477. The SMILES string of the molecule is CCCCOC(=O)O[C@]1(C(=O)O)CCC2C3CCC4=CC(=O)CC[C@]4(C)C3C(O)C[C@@]21C. The minimum absolute atomic E-state index is 0.0187. The van der Waals surface area contributed by atoms with Gasteiger partial charge in [0, 0.05) is 11.8 Å². The van der Waals surface area contributed by atoms with E-state index in [0.29, 0.717) is 19.3 Å². The number of hydrogen-bond donors (Lipinski definition) is 2. The Balaban J connectivity index is 1.64. The number of carbonyl (C=O) groups excluding carboxylic acids is 2. The third-order valence-corrected chi connectivity index (χ3v) is 9.34. The van der Waals surface area contributed by atoms with Crippen LogP contribution < -0.4 is 0 Å². The molecular formula is C25H36O7. The summed E-state index contributed by atoms with van der Waals surface area (Å²) in [5.74, 6) is -0.875. The summed E-state index contributed by atoms with van der Waals surface area (Å²) < 4.78 is 10.8. The third kappa shape index (κ3) is 3.30. The van der Waals surface area contributed by atoms with E-state index in [1.54, 1.807) is 6.08 Å². The number of carbonyl (C=O) groups is 3. The van der Waals surface area contributed by atoms with E-state index < -0.39 is 29.2 Å². The summed E-state index contributed by atoms with van der Waals surface area (Å²) in [6.07, 6.45) is 5.60. The minimum Gasteiger partial charge on any atom is -0.478 e. The van der Waals surface area contributed by atoms with E-state index in [4.69, 9.17) is 9.47 Å². The monoisotopic (exact) mass is 448 g/mol. The number of aliphatic hydroxyl groups excluding tert-OH is 1. The molecular weight excluding hydrogens is 412 g/mol. The molecule has 0 aromatic heterocycles. The first-order valence-electron chi connectivity index (χ1n) is 12.1. The maximum Gasteiger partial charge on any atom is 0.509 e. The van der Waals surface area contributed by atoms with Gasteiger partial charge in [0.05, 0.1) is 12.7 Å². The summed E-state index contributed by atoms with van der Waals surface area (Å²) >= 11 is 0. The number of carboxylic acid groups (broad SMARTS) is 1. The van der Waals surface area contributed by atoms with Crippen molar-refractivity contribution in [3.05, 3.63) is 11.6 Å². The average molecular weight is 449 g/mol. The van der Waals surface area contributed by atoms with Gasteiger partial charge in [-0.3, -0.25) is 4.79 Å². The van der Waals surface area contributed by atoms with E-state index in [9.17, 15) is 24.6 Å². The van der Waals surface area contributed by atoms with Gasteiger partial charge < -0.3 is 19.7 Å². The molecule has 4 rings (SSSR count). The number of hydrogen-bond acceptors (Lipinski definition) is 6. The zero-order valence-corrected chi connectivity index (χ0v) is 19.4. The highest BCUT2D eigenvalue weighted by Crippen LogP contribution is 2.68. The molecule has 2 N–H and O–H groups in total. The van der Waals surface area contributed by atoms with Crippen molar-refractivity contribution < 1.29 is 34.1 Å². The molecule has 32 heavy (non-hydrogen) atoms. The van der Waals surface area contributed by atoms with Crippen LogP contribution in [0.2, 0.25) is 0 Å². The maximum atomic E-state index is 12.6. The lowest BCUT2D eigenvalue weighted by molar-refractivity contribution is -0.199. The van der Waals surface area contributed by atoms with Crippen LogP contribution >= 0.6 is 0 Å². The molecule has 0 heterocycles. The maximum absolute atomic E-state index is 12.6. The standard InChI is InChI=1S/C25H36O7/c1-4-5-12-31-22(30)32-25(21(28)29)11-9-18-17-7-6-15-13-16(26)8-10-23(15,2)20(17)19(27)14-24(18,25)3/h13,17-20,27H,4-12,14H2,1-3H3,(H,28,29)/t17?,18?,19?,20?,23-,24-,25-/m0/s1. The third-order valence-electron chi connectivity index (χ3n) is 9.34. The first-order chi connectivity index (χ1) is 15.1. The molecule has 0 bridgehead atoms. The Morgan fingerprint density at radius 1 is 1.19 bits per heavy atom. The highest BCUT2D eigenvalue weighted by molar-refractivity contribution is 5.91. The number of allylic oxidation sites excluding steroid dienone is 1. The van der Waals surface area contributed by atoms with E-state index in [1.807, 2.05) is 13.8 Å². The van der Waals surface area contributed by atoms with Crippen molar-refractivity contribution in [2.24, 2.45) is 28.6 Å².